The van der Waals surface area contributed by atoms with Crippen LogP contribution < -0.4 is 10.1 Å². The Morgan fingerprint density at radius 3 is 2.48 bits per heavy atom. The van der Waals surface area contributed by atoms with Gasteiger partial charge in [-0.15, -0.1) is 0 Å². The number of hydrogen-bond donors (Lipinski definition) is 3. The summed E-state index contributed by atoms with van der Waals surface area (Å²) in [5.41, 5.74) is 1.08. The summed E-state index contributed by atoms with van der Waals surface area (Å²) in [4.78, 5) is 12.5. The van der Waals surface area contributed by atoms with Crippen molar-refractivity contribution < 1.29 is 28.2 Å². The van der Waals surface area contributed by atoms with Crippen LogP contribution in [0.2, 0.25) is 0 Å². The first kappa shape index (κ1) is 21.3. The van der Waals surface area contributed by atoms with Crippen LogP contribution in [0, 0.1) is 12.8 Å². The maximum absolute atomic E-state index is 12.4. The molecule has 1 amide bonds. The Morgan fingerprint density at radius 2 is 1.93 bits per heavy atom. The van der Waals surface area contributed by atoms with Gasteiger partial charge in [-0.2, -0.15) is 5.10 Å². The van der Waals surface area contributed by atoms with Gasteiger partial charge < -0.3 is 20.3 Å². The molecule has 158 valence electrons. The zero-order valence-electron chi connectivity index (χ0n) is 16.4. The molecular formula is C19H25N3O6S. The minimum Gasteiger partial charge on any atom is -0.493 e. The molecule has 1 saturated carbocycles. The lowest BCUT2D eigenvalue weighted by Gasteiger charge is -2.18. The number of benzene rings is 1. The zero-order valence-corrected chi connectivity index (χ0v) is 17.3. The Bertz CT molecular complexity index is 966. The third-order valence-corrected chi connectivity index (χ3v) is 6.31. The van der Waals surface area contributed by atoms with Crippen molar-refractivity contribution in [2.45, 2.75) is 36.5 Å². The third kappa shape index (κ3) is 4.77. The molecule has 0 aliphatic heterocycles. The first-order chi connectivity index (χ1) is 13.6. The molecule has 2 aromatic rings. The number of aliphatic hydroxyl groups is 2. The van der Waals surface area contributed by atoms with Crippen LogP contribution in [0.5, 0.6) is 5.75 Å². The Labute approximate surface area is 169 Å². The van der Waals surface area contributed by atoms with Crippen molar-refractivity contribution >= 4 is 15.7 Å². The summed E-state index contributed by atoms with van der Waals surface area (Å²) in [6.07, 6.45) is -0.715. The van der Waals surface area contributed by atoms with E-state index in [1.807, 2.05) is 6.92 Å². The maximum atomic E-state index is 12.4. The number of nitrogens with one attached hydrogen (secondary N) is 1. The lowest BCUT2D eigenvalue weighted by atomic mass is 10.1. The summed E-state index contributed by atoms with van der Waals surface area (Å²) in [6.45, 7) is 1.94. The van der Waals surface area contributed by atoms with E-state index in [4.69, 9.17) is 4.74 Å². The molecule has 10 heteroatoms. The molecule has 1 aliphatic rings. The second-order valence-electron chi connectivity index (χ2n) is 7.41. The van der Waals surface area contributed by atoms with Gasteiger partial charge in [0.1, 0.15) is 17.5 Å². The van der Waals surface area contributed by atoms with Crippen LogP contribution in [0.4, 0.5) is 0 Å². The van der Waals surface area contributed by atoms with E-state index in [1.54, 1.807) is 17.8 Å². The van der Waals surface area contributed by atoms with Gasteiger partial charge in [0.25, 0.3) is 5.91 Å². The number of hydrogen-bond acceptors (Lipinski definition) is 7. The number of rotatable bonds is 6. The summed E-state index contributed by atoms with van der Waals surface area (Å²) in [6, 6.07) is 6.99. The van der Waals surface area contributed by atoms with E-state index >= 15 is 0 Å². The normalized spacial score (nSPS) is 24.4. The molecular weight excluding hydrogens is 398 g/mol. The van der Waals surface area contributed by atoms with Crippen molar-refractivity contribution in [3.05, 3.63) is 41.7 Å². The van der Waals surface area contributed by atoms with E-state index in [0.717, 1.165) is 11.9 Å². The van der Waals surface area contributed by atoms with E-state index in [-0.39, 0.29) is 17.2 Å². The highest BCUT2D eigenvalue weighted by Crippen LogP contribution is 2.28. The van der Waals surface area contributed by atoms with Gasteiger partial charge in [0.05, 0.1) is 23.6 Å². The summed E-state index contributed by atoms with van der Waals surface area (Å²) in [5, 5.41) is 27.4. The second kappa shape index (κ2) is 8.13. The summed E-state index contributed by atoms with van der Waals surface area (Å²) in [5.74, 6) is -0.353. The van der Waals surface area contributed by atoms with Crippen LogP contribution in [0.25, 0.3) is 0 Å². The molecule has 3 N–H and O–H groups in total. The largest absolute Gasteiger partial charge is 0.493 e. The van der Waals surface area contributed by atoms with Gasteiger partial charge >= 0.3 is 0 Å². The number of aryl methyl sites for hydroxylation is 2. The molecule has 1 aromatic heterocycles. The number of aromatic nitrogens is 2. The highest BCUT2D eigenvalue weighted by atomic mass is 32.2. The van der Waals surface area contributed by atoms with E-state index in [0.29, 0.717) is 12.2 Å². The molecule has 4 atom stereocenters. The van der Waals surface area contributed by atoms with Crippen LogP contribution in [0.3, 0.4) is 0 Å². The standard InChI is InChI=1S/C19H25N3O6S/c1-11-8-16(21-22(11)2)19(25)20-15-9-12(17(23)18(15)24)10-28-13-4-6-14(7-5-13)29(3,26)27/h4-8,12,15,17-18,23-24H,9-10H2,1-3H3,(H,20,25). The average molecular weight is 423 g/mol. The first-order valence-electron chi connectivity index (χ1n) is 9.17. The molecule has 0 saturated heterocycles. The maximum Gasteiger partial charge on any atom is 0.272 e. The zero-order chi connectivity index (χ0) is 21.3. The van der Waals surface area contributed by atoms with Crippen LogP contribution >= 0.6 is 0 Å². The molecule has 1 fully saturated rings. The molecule has 1 aliphatic carbocycles. The fourth-order valence-electron chi connectivity index (χ4n) is 3.33. The minimum atomic E-state index is -3.28. The smallest absolute Gasteiger partial charge is 0.272 e. The molecule has 0 radical (unpaired) electrons. The molecule has 1 aromatic carbocycles. The first-order valence-corrected chi connectivity index (χ1v) is 11.1. The minimum absolute atomic E-state index is 0.117. The average Bonchev–Trinajstić information content (AvgIpc) is 3.13. The van der Waals surface area contributed by atoms with Crippen molar-refractivity contribution in [1.29, 1.82) is 0 Å². The molecule has 0 spiro atoms. The number of carbonyl (C=O) groups excluding carboxylic acids is 1. The second-order valence-corrected chi connectivity index (χ2v) is 9.42. The van der Waals surface area contributed by atoms with Crippen molar-refractivity contribution in [3.8, 4) is 5.75 Å². The van der Waals surface area contributed by atoms with Gasteiger partial charge in [0, 0.05) is 24.9 Å². The summed E-state index contributed by atoms with van der Waals surface area (Å²) < 4.78 is 30.2. The van der Waals surface area contributed by atoms with Gasteiger partial charge in [-0.3, -0.25) is 9.48 Å². The van der Waals surface area contributed by atoms with Gasteiger partial charge in [-0.05, 0) is 43.7 Å². The van der Waals surface area contributed by atoms with Crippen molar-refractivity contribution in [3.63, 3.8) is 0 Å². The summed E-state index contributed by atoms with van der Waals surface area (Å²) >= 11 is 0. The predicted octanol–water partition coefficient (Wildman–Crippen LogP) is 0.0511. The fraction of sp³-hybridized carbons (Fsp3) is 0.474. The molecule has 3 rings (SSSR count). The van der Waals surface area contributed by atoms with E-state index in [2.05, 4.69) is 10.4 Å². The van der Waals surface area contributed by atoms with Crippen LogP contribution in [0.1, 0.15) is 22.6 Å². The number of carbonyl (C=O) groups is 1. The molecule has 0 bridgehead atoms. The van der Waals surface area contributed by atoms with Gasteiger partial charge in [-0.25, -0.2) is 8.42 Å². The van der Waals surface area contributed by atoms with Crippen molar-refractivity contribution in [2.75, 3.05) is 12.9 Å². The highest BCUT2D eigenvalue weighted by molar-refractivity contribution is 7.90. The molecule has 29 heavy (non-hydrogen) atoms. The van der Waals surface area contributed by atoms with E-state index < -0.39 is 39.9 Å². The number of aliphatic hydroxyl groups excluding tert-OH is 2. The molecule has 9 nitrogen and oxygen atoms in total. The Balaban J connectivity index is 1.58. The predicted molar refractivity (Wildman–Crippen MR) is 104 cm³/mol. The Morgan fingerprint density at radius 1 is 1.28 bits per heavy atom. The van der Waals surface area contributed by atoms with Crippen LogP contribution in [-0.2, 0) is 16.9 Å². The van der Waals surface area contributed by atoms with Crippen molar-refractivity contribution in [2.24, 2.45) is 13.0 Å². The SMILES string of the molecule is Cc1cc(C(=O)NC2CC(COc3ccc(S(C)(=O)=O)cc3)C(O)C2O)nn1C. The lowest BCUT2D eigenvalue weighted by Crippen LogP contribution is -2.43. The highest BCUT2D eigenvalue weighted by Gasteiger charge is 2.42. The number of sulfone groups is 1. The number of nitrogens with zero attached hydrogens (tertiary/aromatic N) is 2. The Hall–Kier alpha value is -2.43. The monoisotopic (exact) mass is 423 g/mol. The van der Waals surface area contributed by atoms with Crippen LogP contribution in [0.15, 0.2) is 35.2 Å². The van der Waals surface area contributed by atoms with Crippen LogP contribution in [-0.4, -0.2) is 65.4 Å². The Kier molecular flexibility index (Phi) is 5.97. The number of ether oxygens (including phenoxy) is 1. The van der Waals surface area contributed by atoms with E-state index in [1.165, 1.54) is 24.3 Å². The topological polar surface area (TPSA) is 131 Å². The van der Waals surface area contributed by atoms with E-state index in [9.17, 15) is 23.4 Å². The molecule has 1 heterocycles. The van der Waals surface area contributed by atoms with Gasteiger partial charge in [0.2, 0.25) is 0 Å². The summed E-state index contributed by atoms with van der Waals surface area (Å²) in [7, 11) is -1.55. The molecule has 4 unspecified atom stereocenters. The van der Waals surface area contributed by atoms with Gasteiger partial charge in [0.15, 0.2) is 9.84 Å². The van der Waals surface area contributed by atoms with Gasteiger partial charge in [-0.1, -0.05) is 0 Å². The lowest BCUT2D eigenvalue weighted by molar-refractivity contribution is 0.00250. The number of amides is 1. The third-order valence-electron chi connectivity index (χ3n) is 5.18. The fourth-order valence-corrected chi connectivity index (χ4v) is 3.96. The quantitative estimate of drug-likeness (QED) is 0.598. The van der Waals surface area contributed by atoms with Crippen molar-refractivity contribution in [1.82, 2.24) is 15.1 Å².